The Labute approximate surface area is 162 Å². The van der Waals surface area contributed by atoms with Crippen molar-refractivity contribution in [2.75, 3.05) is 13.1 Å². The average Bonchev–Trinajstić information content (AvgIpc) is 3.32. The van der Waals surface area contributed by atoms with Crippen molar-refractivity contribution in [3.05, 3.63) is 59.1 Å². The molecule has 2 aromatic heterocycles. The summed E-state index contributed by atoms with van der Waals surface area (Å²) in [5, 5.41) is 4.06. The third-order valence-electron chi connectivity index (χ3n) is 5.86. The van der Waals surface area contributed by atoms with Crippen LogP contribution in [0.2, 0.25) is 0 Å². The van der Waals surface area contributed by atoms with Gasteiger partial charge in [-0.2, -0.15) is 0 Å². The van der Waals surface area contributed by atoms with E-state index in [1.165, 1.54) is 12.1 Å². The van der Waals surface area contributed by atoms with E-state index in [2.05, 4.69) is 10.3 Å². The lowest BCUT2D eigenvalue weighted by Crippen LogP contribution is -2.33. The molecule has 0 saturated carbocycles. The predicted octanol–water partition coefficient (Wildman–Crippen LogP) is 2.73. The summed E-state index contributed by atoms with van der Waals surface area (Å²) in [6.07, 6.45) is 4.57. The monoisotopic (exact) mass is 379 g/mol. The first-order valence-electron chi connectivity index (χ1n) is 9.73. The Balaban J connectivity index is 1.48. The number of rotatable bonds is 2. The van der Waals surface area contributed by atoms with Crippen LogP contribution >= 0.6 is 0 Å². The summed E-state index contributed by atoms with van der Waals surface area (Å²) in [5.74, 6) is 0.383. The van der Waals surface area contributed by atoms with Crippen LogP contribution < -0.4 is 5.32 Å². The van der Waals surface area contributed by atoms with E-state index in [9.17, 15) is 9.18 Å². The second-order valence-corrected chi connectivity index (χ2v) is 7.58. The van der Waals surface area contributed by atoms with E-state index < -0.39 is 0 Å². The lowest BCUT2D eigenvalue weighted by atomic mass is 10.1. The molecule has 2 aliphatic rings. The molecule has 1 N–H and O–H groups in total. The summed E-state index contributed by atoms with van der Waals surface area (Å²) in [4.78, 5) is 24.6. The van der Waals surface area contributed by atoms with Gasteiger partial charge in [0.25, 0.3) is 5.91 Å². The van der Waals surface area contributed by atoms with Gasteiger partial charge in [-0.1, -0.05) is 0 Å². The van der Waals surface area contributed by atoms with E-state index in [0.717, 1.165) is 60.3 Å². The Morgan fingerprint density at radius 1 is 1.32 bits per heavy atom. The van der Waals surface area contributed by atoms with Gasteiger partial charge in [0.1, 0.15) is 11.5 Å². The van der Waals surface area contributed by atoms with E-state index in [-0.39, 0.29) is 17.8 Å². The Kier molecular flexibility index (Phi) is 4.12. The van der Waals surface area contributed by atoms with Crippen LogP contribution in [0.25, 0.3) is 10.9 Å². The maximum absolute atomic E-state index is 13.6. The zero-order valence-electron chi connectivity index (χ0n) is 15.8. The number of nitrogens with zero attached hydrogens (tertiary/aromatic N) is 4. The van der Waals surface area contributed by atoms with Crippen LogP contribution in [0.4, 0.5) is 4.39 Å². The third-order valence-corrected chi connectivity index (χ3v) is 5.86. The number of carbonyl (C=O) groups is 1. The smallest absolute Gasteiger partial charge is 0.271 e. The molecule has 6 nitrogen and oxygen atoms in total. The standard InChI is InChI=1S/C21H22FN5O/c1-26-17-5-4-15(22)9-13(17)10-19(26)21(28)27-8-2-3-18(27)20-24-12-14-11-23-7-6-16(14)25-20/h4-5,9-10,12,18,23H,2-3,6-8,11H2,1H3/t18-/m0/s1. The number of fused-ring (bicyclic) bond motifs is 2. The number of hydrogen-bond acceptors (Lipinski definition) is 4. The van der Waals surface area contributed by atoms with Crippen LogP contribution in [0.15, 0.2) is 30.5 Å². The second-order valence-electron chi connectivity index (χ2n) is 7.58. The van der Waals surface area contributed by atoms with Crippen molar-refractivity contribution in [3.8, 4) is 0 Å². The fourth-order valence-corrected chi connectivity index (χ4v) is 4.36. The highest BCUT2D eigenvalue weighted by molar-refractivity contribution is 5.99. The van der Waals surface area contributed by atoms with Crippen molar-refractivity contribution in [1.29, 1.82) is 0 Å². The van der Waals surface area contributed by atoms with Gasteiger partial charge in [0, 0.05) is 61.5 Å². The maximum Gasteiger partial charge on any atom is 0.271 e. The summed E-state index contributed by atoms with van der Waals surface area (Å²) >= 11 is 0. The number of aromatic nitrogens is 3. The number of likely N-dealkylation sites (tertiary alicyclic amines) is 1. The zero-order chi connectivity index (χ0) is 19.3. The summed E-state index contributed by atoms with van der Waals surface area (Å²) in [6, 6.07) is 6.26. The molecule has 28 heavy (non-hydrogen) atoms. The molecular formula is C21H22FN5O. The minimum absolute atomic E-state index is 0.0513. The normalized spacial score (nSPS) is 19.2. The average molecular weight is 379 g/mol. The van der Waals surface area contributed by atoms with E-state index in [1.54, 1.807) is 12.1 Å². The highest BCUT2D eigenvalue weighted by Crippen LogP contribution is 2.33. The molecule has 2 aliphatic heterocycles. The predicted molar refractivity (Wildman–Crippen MR) is 103 cm³/mol. The van der Waals surface area contributed by atoms with Crippen LogP contribution in [-0.2, 0) is 20.0 Å². The second kappa shape index (κ2) is 6.67. The minimum atomic E-state index is -0.298. The summed E-state index contributed by atoms with van der Waals surface area (Å²) in [5.41, 5.74) is 3.64. The van der Waals surface area contributed by atoms with Crippen LogP contribution in [0, 0.1) is 5.82 Å². The van der Waals surface area contributed by atoms with Crippen LogP contribution in [0.5, 0.6) is 0 Å². The summed E-state index contributed by atoms with van der Waals surface area (Å²) in [7, 11) is 1.85. The van der Waals surface area contributed by atoms with Gasteiger partial charge in [0.05, 0.1) is 6.04 Å². The molecule has 1 aromatic carbocycles. The molecular weight excluding hydrogens is 357 g/mol. The largest absolute Gasteiger partial charge is 0.340 e. The topological polar surface area (TPSA) is 63.1 Å². The van der Waals surface area contributed by atoms with Crippen molar-refractivity contribution >= 4 is 16.8 Å². The van der Waals surface area contributed by atoms with Gasteiger partial charge in [-0.05, 0) is 37.1 Å². The van der Waals surface area contributed by atoms with Gasteiger partial charge in [0.15, 0.2) is 5.82 Å². The van der Waals surface area contributed by atoms with Gasteiger partial charge in [0.2, 0.25) is 0 Å². The van der Waals surface area contributed by atoms with Crippen molar-refractivity contribution in [2.45, 2.75) is 31.8 Å². The lowest BCUT2D eigenvalue weighted by molar-refractivity contribution is 0.0720. The molecule has 144 valence electrons. The van der Waals surface area contributed by atoms with E-state index >= 15 is 0 Å². The molecule has 0 unspecified atom stereocenters. The van der Waals surface area contributed by atoms with Crippen molar-refractivity contribution < 1.29 is 9.18 Å². The van der Waals surface area contributed by atoms with E-state index in [0.29, 0.717) is 12.2 Å². The van der Waals surface area contributed by atoms with Gasteiger partial charge < -0.3 is 14.8 Å². The summed E-state index contributed by atoms with van der Waals surface area (Å²) in [6.45, 7) is 2.40. The molecule has 0 radical (unpaired) electrons. The number of nitrogens with one attached hydrogen (secondary N) is 1. The zero-order valence-corrected chi connectivity index (χ0v) is 15.8. The molecule has 1 fully saturated rings. The highest BCUT2D eigenvalue weighted by atomic mass is 19.1. The van der Waals surface area contributed by atoms with Gasteiger partial charge in [-0.3, -0.25) is 4.79 Å². The van der Waals surface area contributed by atoms with E-state index in [1.807, 2.05) is 22.7 Å². The number of benzene rings is 1. The fraction of sp³-hybridized carbons (Fsp3) is 0.381. The van der Waals surface area contributed by atoms with Crippen molar-refractivity contribution in [3.63, 3.8) is 0 Å². The maximum atomic E-state index is 13.6. The number of halogens is 1. The van der Waals surface area contributed by atoms with Crippen LogP contribution in [0.1, 0.15) is 46.5 Å². The first kappa shape index (κ1) is 17.3. The molecule has 5 rings (SSSR count). The van der Waals surface area contributed by atoms with Gasteiger partial charge in [-0.15, -0.1) is 0 Å². The quantitative estimate of drug-likeness (QED) is 0.744. The number of aryl methyl sites for hydroxylation is 1. The highest BCUT2D eigenvalue weighted by Gasteiger charge is 2.34. The molecule has 1 saturated heterocycles. The number of carbonyl (C=O) groups excluding carboxylic acids is 1. The fourth-order valence-electron chi connectivity index (χ4n) is 4.36. The molecule has 0 spiro atoms. The van der Waals surface area contributed by atoms with Crippen molar-refractivity contribution in [2.24, 2.45) is 7.05 Å². The molecule has 0 aliphatic carbocycles. The Morgan fingerprint density at radius 3 is 3.11 bits per heavy atom. The molecule has 4 heterocycles. The molecule has 1 amide bonds. The van der Waals surface area contributed by atoms with E-state index in [4.69, 9.17) is 4.98 Å². The minimum Gasteiger partial charge on any atom is -0.340 e. The molecule has 3 aromatic rings. The SMILES string of the molecule is Cn1c(C(=O)N2CCC[C@H]2c2ncc3c(n2)CCNC3)cc2cc(F)ccc21. The molecule has 1 atom stereocenters. The van der Waals surface area contributed by atoms with Crippen molar-refractivity contribution in [1.82, 2.24) is 24.8 Å². The Hall–Kier alpha value is -2.80. The number of amides is 1. The molecule has 7 heteroatoms. The van der Waals surface area contributed by atoms with Crippen LogP contribution in [-0.4, -0.2) is 38.4 Å². The summed E-state index contributed by atoms with van der Waals surface area (Å²) < 4.78 is 15.4. The Morgan fingerprint density at radius 2 is 2.21 bits per heavy atom. The molecule has 0 bridgehead atoms. The first-order chi connectivity index (χ1) is 13.6. The van der Waals surface area contributed by atoms with Crippen LogP contribution in [0.3, 0.4) is 0 Å². The first-order valence-corrected chi connectivity index (χ1v) is 9.73. The van der Waals surface area contributed by atoms with Gasteiger partial charge >= 0.3 is 0 Å². The Bertz CT molecular complexity index is 1080. The third kappa shape index (κ3) is 2.77. The lowest BCUT2D eigenvalue weighted by Gasteiger charge is -2.25. The van der Waals surface area contributed by atoms with Gasteiger partial charge in [-0.25, -0.2) is 14.4 Å². The number of hydrogen-bond donors (Lipinski definition) is 1.